The van der Waals surface area contributed by atoms with E-state index in [1.165, 1.54) is 19.3 Å². The molecule has 100 valence electrons. The van der Waals surface area contributed by atoms with Crippen molar-refractivity contribution in [2.75, 3.05) is 19.7 Å². The molecule has 4 nitrogen and oxygen atoms in total. The molecule has 0 aliphatic carbocycles. The minimum atomic E-state index is -0.737. The topological polar surface area (TPSA) is 60.8 Å². The summed E-state index contributed by atoms with van der Waals surface area (Å²) in [6, 6.07) is -0.387. The molecule has 0 aromatic heterocycles. The first-order valence-electron chi connectivity index (χ1n) is 6.76. The van der Waals surface area contributed by atoms with Crippen LogP contribution >= 0.6 is 0 Å². The number of hydrogen-bond donors (Lipinski definition) is 2. The largest absolute Gasteiger partial charge is 0.480 e. The molecule has 17 heavy (non-hydrogen) atoms. The molecule has 1 rings (SSSR count). The highest BCUT2D eigenvalue weighted by atomic mass is 16.4. The molecular formula is C13H25NO3. The summed E-state index contributed by atoms with van der Waals surface area (Å²) in [5.41, 5.74) is 0. The first kappa shape index (κ1) is 14.5. The van der Waals surface area contributed by atoms with E-state index in [2.05, 4.69) is 6.92 Å². The molecule has 1 fully saturated rings. The lowest BCUT2D eigenvalue weighted by Crippen LogP contribution is -2.48. The van der Waals surface area contributed by atoms with Gasteiger partial charge >= 0.3 is 5.97 Å². The maximum Gasteiger partial charge on any atom is 0.320 e. The molecule has 0 aromatic carbocycles. The summed E-state index contributed by atoms with van der Waals surface area (Å²) >= 11 is 0. The maximum atomic E-state index is 11.2. The Bertz CT molecular complexity index is 233. The first-order chi connectivity index (χ1) is 8.19. The van der Waals surface area contributed by atoms with Gasteiger partial charge in [-0.25, -0.2) is 0 Å². The van der Waals surface area contributed by atoms with Crippen LogP contribution in [0.25, 0.3) is 0 Å². The number of hydrogen-bond acceptors (Lipinski definition) is 3. The molecule has 4 heteroatoms. The molecular weight excluding hydrogens is 218 g/mol. The second-order valence-corrected chi connectivity index (χ2v) is 5.00. The van der Waals surface area contributed by atoms with Gasteiger partial charge in [0.05, 0.1) is 6.61 Å². The summed E-state index contributed by atoms with van der Waals surface area (Å²) in [6.07, 6.45) is 6.66. The Kier molecular flexibility index (Phi) is 6.52. The van der Waals surface area contributed by atoms with Crippen molar-refractivity contribution in [1.82, 2.24) is 4.90 Å². The Morgan fingerprint density at radius 2 is 2.18 bits per heavy atom. The van der Waals surface area contributed by atoms with Crippen LogP contribution in [0.4, 0.5) is 0 Å². The normalized spacial score (nSPS) is 26.0. The quantitative estimate of drug-likeness (QED) is 0.668. The molecule has 0 spiro atoms. The monoisotopic (exact) mass is 243 g/mol. The molecule has 2 N–H and O–H groups in total. The number of β-amino-alcohol motifs (C(OH)–C–C–N with tert-alkyl or cyclic N) is 1. The van der Waals surface area contributed by atoms with Gasteiger partial charge in [0.25, 0.3) is 0 Å². The highest BCUT2D eigenvalue weighted by Gasteiger charge is 2.32. The van der Waals surface area contributed by atoms with E-state index in [1.807, 2.05) is 4.90 Å². The van der Waals surface area contributed by atoms with Crippen molar-refractivity contribution in [2.24, 2.45) is 5.92 Å². The minimum Gasteiger partial charge on any atom is -0.480 e. The highest BCUT2D eigenvalue weighted by Crippen LogP contribution is 2.27. The molecule has 1 aliphatic rings. The van der Waals surface area contributed by atoms with Crippen LogP contribution in [-0.4, -0.2) is 46.8 Å². The predicted octanol–water partition coefficient (Wildman–Crippen LogP) is 1.72. The summed E-state index contributed by atoms with van der Waals surface area (Å²) in [5.74, 6) is -0.184. The van der Waals surface area contributed by atoms with Gasteiger partial charge in [-0.05, 0) is 25.3 Å². The zero-order chi connectivity index (χ0) is 12.7. The van der Waals surface area contributed by atoms with Gasteiger partial charge in [-0.15, -0.1) is 0 Å². The molecule has 2 atom stereocenters. The third-order valence-corrected chi connectivity index (χ3v) is 3.71. The third kappa shape index (κ3) is 4.64. The summed E-state index contributed by atoms with van der Waals surface area (Å²) < 4.78 is 0. The fourth-order valence-electron chi connectivity index (χ4n) is 2.69. The van der Waals surface area contributed by atoms with E-state index in [0.717, 1.165) is 25.8 Å². The molecule has 0 bridgehead atoms. The number of likely N-dealkylation sites (tertiary alicyclic amines) is 1. The van der Waals surface area contributed by atoms with Gasteiger partial charge in [0.2, 0.25) is 0 Å². The summed E-state index contributed by atoms with van der Waals surface area (Å²) in [6.45, 7) is 3.53. The zero-order valence-electron chi connectivity index (χ0n) is 10.8. The van der Waals surface area contributed by atoms with E-state index in [4.69, 9.17) is 5.11 Å². The van der Waals surface area contributed by atoms with Crippen molar-refractivity contribution in [3.63, 3.8) is 0 Å². The van der Waals surface area contributed by atoms with Gasteiger partial charge in [0.15, 0.2) is 0 Å². The Balaban J connectivity index is 2.41. The smallest absolute Gasteiger partial charge is 0.320 e. The predicted molar refractivity (Wildman–Crippen MR) is 66.9 cm³/mol. The van der Waals surface area contributed by atoms with Crippen LogP contribution in [0.2, 0.25) is 0 Å². The number of piperidine rings is 1. The minimum absolute atomic E-state index is 0.0459. The van der Waals surface area contributed by atoms with E-state index in [1.54, 1.807) is 0 Å². The number of aliphatic hydroxyl groups excluding tert-OH is 1. The molecule has 2 unspecified atom stereocenters. The van der Waals surface area contributed by atoms with Gasteiger partial charge in [-0.1, -0.05) is 32.6 Å². The number of nitrogens with zero attached hydrogens (tertiary/aromatic N) is 1. The fourth-order valence-corrected chi connectivity index (χ4v) is 2.69. The lowest BCUT2D eigenvalue weighted by molar-refractivity contribution is -0.145. The van der Waals surface area contributed by atoms with E-state index < -0.39 is 5.97 Å². The van der Waals surface area contributed by atoms with Gasteiger partial charge in [-0.3, -0.25) is 9.69 Å². The van der Waals surface area contributed by atoms with E-state index in [0.29, 0.717) is 12.5 Å². The number of carboxylic acid groups (broad SMARTS) is 1. The van der Waals surface area contributed by atoms with Crippen LogP contribution in [0.15, 0.2) is 0 Å². The summed E-state index contributed by atoms with van der Waals surface area (Å²) in [4.78, 5) is 13.1. The SMILES string of the molecule is CCCCCC1CCN(CCO)C(C(=O)O)C1. The van der Waals surface area contributed by atoms with E-state index in [9.17, 15) is 9.90 Å². The van der Waals surface area contributed by atoms with Crippen molar-refractivity contribution >= 4 is 5.97 Å². The average molecular weight is 243 g/mol. The Hall–Kier alpha value is -0.610. The third-order valence-electron chi connectivity index (χ3n) is 3.71. The lowest BCUT2D eigenvalue weighted by atomic mass is 9.87. The number of unbranched alkanes of at least 4 members (excludes halogenated alkanes) is 2. The fraction of sp³-hybridized carbons (Fsp3) is 0.923. The summed E-state index contributed by atoms with van der Waals surface area (Å²) in [5, 5.41) is 18.1. The highest BCUT2D eigenvalue weighted by molar-refractivity contribution is 5.73. The number of carboxylic acids is 1. The Morgan fingerprint density at radius 1 is 1.41 bits per heavy atom. The van der Waals surface area contributed by atoms with Crippen molar-refractivity contribution in [1.29, 1.82) is 0 Å². The standard InChI is InChI=1S/C13H25NO3/c1-2-3-4-5-11-6-7-14(8-9-15)12(10-11)13(16)17/h11-12,15H,2-10H2,1H3,(H,16,17). The summed E-state index contributed by atoms with van der Waals surface area (Å²) in [7, 11) is 0. The molecule has 1 aliphatic heterocycles. The van der Waals surface area contributed by atoms with Crippen molar-refractivity contribution < 1.29 is 15.0 Å². The first-order valence-corrected chi connectivity index (χ1v) is 6.76. The van der Waals surface area contributed by atoms with Crippen molar-refractivity contribution in [2.45, 2.75) is 51.5 Å². The second-order valence-electron chi connectivity index (χ2n) is 5.00. The molecule has 0 amide bonds. The maximum absolute atomic E-state index is 11.2. The number of carbonyl (C=O) groups is 1. The zero-order valence-corrected chi connectivity index (χ0v) is 10.8. The van der Waals surface area contributed by atoms with Crippen LogP contribution in [0, 0.1) is 5.92 Å². The van der Waals surface area contributed by atoms with Crippen LogP contribution in [0.1, 0.15) is 45.4 Å². The number of rotatable bonds is 7. The molecule has 1 saturated heterocycles. The average Bonchev–Trinajstić information content (AvgIpc) is 2.31. The van der Waals surface area contributed by atoms with Crippen molar-refractivity contribution in [3.8, 4) is 0 Å². The van der Waals surface area contributed by atoms with Crippen molar-refractivity contribution in [3.05, 3.63) is 0 Å². The molecule has 0 aromatic rings. The molecule has 1 heterocycles. The van der Waals surface area contributed by atoms with Gasteiger partial charge in [-0.2, -0.15) is 0 Å². The Labute approximate surface area is 104 Å². The van der Waals surface area contributed by atoms with Gasteiger partial charge in [0, 0.05) is 6.54 Å². The van der Waals surface area contributed by atoms with Crippen LogP contribution < -0.4 is 0 Å². The molecule has 0 radical (unpaired) electrons. The van der Waals surface area contributed by atoms with Gasteiger partial charge in [0.1, 0.15) is 6.04 Å². The van der Waals surface area contributed by atoms with Gasteiger partial charge < -0.3 is 10.2 Å². The van der Waals surface area contributed by atoms with Crippen LogP contribution in [0.3, 0.4) is 0 Å². The van der Waals surface area contributed by atoms with E-state index >= 15 is 0 Å². The second kappa shape index (κ2) is 7.67. The lowest BCUT2D eigenvalue weighted by Gasteiger charge is -2.36. The number of aliphatic hydroxyl groups is 1. The van der Waals surface area contributed by atoms with E-state index in [-0.39, 0.29) is 12.6 Å². The Morgan fingerprint density at radius 3 is 2.76 bits per heavy atom. The molecule has 0 saturated carbocycles. The number of aliphatic carboxylic acids is 1. The van der Waals surface area contributed by atoms with Crippen LogP contribution in [0.5, 0.6) is 0 Å². The van der Waals surface area contributed by atoms with Crippen LogP contribution in [-0.2, 0) is 4.79 Å².